The summed E-state index contributed by atoms with van der Waals surface area (Å²) in [5.74, 6) is 0.510. The van der Waals surface area contributed by atoms with Gasteiger partial charge in [-0.1, -0.05) is 31.5 Å². The molecular weight excluding hydrogens is 388 g/mol. The molecule has 0 saturated carbocycles. The molecule has 29 heavy (non-hydrogen) atoms. The van der Waals surface area contributed by atoms with Crippen molar-refractivity contribution in [2.75, 3.05) is 11.1 Å². The molecule has 150 valence electrons. The number of nitrogens with one attached hydrogen (secondary N) is 1. The number of carbonyl (C=O) groups excluding carboxylic acids is 2. The first-order valence-corrected chi connectivity index (χ1v) is 10.4. The minimum absolute atomic E-state index is 0.00511. The highest BCUT2D eigenvalue weighted by Crippen LogP contribution is 2.23. The second-order valence-corrected chi connectivity index (χ2v) is 7.33. The van der Waals surface area contributed by atoms with Crippen LogP contribution in [-0.4, -0.2) is 32.6 Å². The number of ketones is 1. The zero-order valence-electron chi connectivity index (χ0n) is 16.1. The van der Waals surface area contributed by atoms with Crippen LogP contribution in [0.5, 0.6) is 0 Å². The molecular formula is C21H22N4O3S. The quantitative estimate of drug-likeness (QED) is 0.296. The maximum Gasteiger partial charge on any atom is 0.277 e. The lowest BCUT2D eigenvalue weighted by Crippen LogP contribution is -2.11. The molecule has 0 spiro atoms. The number of aromatic nitrogens is 3. The van der Waals surface area contributed by atoms with Crippen molar-refractivity contribution in [2.24, 2.45) is 0 Å². The van der Waals surface area contributed by atoms with Gasteiger partial charge >= 0.3 is 0 Å². The van der Waals surface area contributed by atoms with Crippen LogP contribution < -0.4 is 5.32 Å². The zero-order valence-corrected chi connectivity index (χ0v) is 16.9. The van der Waals surface area contributed by atoms with Gasteiger partial charge in [0.2, 0.25) is 11.8 Å². The fourth-order valence-corrected chi connectivity index (χ4v) is 3.25. The molecule has 2 heterocycles. The third kappa shape index (κ3) is 6.25. The van der Waals surface area contributed by atoms with E-state index in [1.54, 1.807) is 48.8 Å². The highest BCUT2D eigenvalue weighted by Gasteiger charge is 2.12. The number of amides is 1. The molecule has 3 aromatic rings. The van der Waals surface area contributed by atoms with Crippen LogP contribution in [0.3, 0.4) is 0 Å². The third-order valence-corrected chi connectivity index (χ3v) is 4.98. The lowest BCUT2D eigenvalue weighted by atomic mass is 10.1. The monoisotopic (exact) mass is 410 g/mol. The fraction of sp³-hybridized carbons (Fsp3) is 0.286. The van der Waals surface area contributed by atoms with Crippen LogP contribution in [0.1, 0.15) is 43.0 Å². The van der Waals surface area contributed by atoms with Crippen molar-refractivity contribution in [1.29, 1.82) is 0 Å². The fourth-order valence-electron chi connectivity index (χ4n) is 2.59. The van der Waals surface area contributed by atoms with Crippen LogP contribution in [-0.2, 0) is 4.79 Å². The molecule has 0 aliphatic rings. The van der Waals surface area contributed by atoms with E-state index in [4.69, 9.17) is 4.42 Å². The second-order valence-electron chi connectivity index (χ2n) is 6.40. The van der Waals surface area contributed by atoms with E-state index < -0.39 is 0 Å². The number of benzene rings is 1. The van der Waals surface area contributed by atoms with Gasteiger partial charge in [0.05, 0.1) is 5.75 Å². The maximum atomic E-state index is 12.4. The number of Topliss-reactive ketones (excluding diaryl/α,β-unsaturated/α-hetero) is 1. The Kier molecular flexibility index (Phi) is 7.52. The Bertz CT molecular complexity index is 942. The SMILES string of the molecule is CCCCCC(=O)Nc1ccc(C(=O)CSc2nnc(-c3ccncc3)o2)cc1. The summed E-state index contributed by atoms with van der Waals surface area (Å²) >= 11 is 1.19. The molecule has 0 fully saturated rings. The smallest absolute Gasteiger partial charge is 0.277 e. The van der Waals surface area contributed by atoms with Gasteiger partial charge in [-0.25, -0.2) is 0 Å². The Labute approximate surface area is 173 Å². The first kappa shape index (κ1) is 20.7. The van der Waals surface area contributed by atoms with Gasteiger partial charge in [-0.3, -0.25) is 14.6 Å². The van der Waals surface area contributed by atoms with Crippen LogP contribution >= 0.6 is 11.8 Å². The summed E-state index contributed by atoms with van der Waals surface area (Å²) in [5.41, 5.74) is 2.03. The summed E-state index contributed by atoms with van der Waals surface area (Å²) in [7, 11) is 0. The lowest BCUT2D eigenvalue weighted by molar-refractivity contribution is -0.116. The molecule has 2 aromatic heterocycles. The topological polar surface area (TPSA) is 98.0 Å². The van der Waals surface area contributed by atoms with Gasteiger partial charge in [0, 0.05) is 35.6 Å². The molecule has 1 N–H and O–H groups in total. The molecule has 7 nitrogen and oxygen atoms in total. The first-order valence-electron chi connectivity index (χ1n) is 9.45. The largest absolute Gasteiger partial charge is 0.411 e. The van der Waals surface area contributed by atoms with E-state index in [9.17, 15) is 9.59 Å². The minimum Gasteiger partial charge on any atom is -0.411 e. The normalized spacial score (nSPS) is 10.7. The highest BCUT2D eigenvalue weighted by atomic mass is 32.2. The van der Waals surface area contributed by atoms with Crippen molar-refractivity contribution >= 4 is 29.1 Å². The number of hydrogen-bond donors (Lipinski definition) is 1. The number of nitrogens with zero attached hydrogens (tertiary/aromatic N) is 3. The summed E-state index contributed by atoms with van der Waals surface area (Å²) in [6, 6.07) is 10.4. The lowest BCUT2D eigenvalue weighted by Gasteiger charge is -2.06. The van der Waals surface area contributed by atoms with E-state index >= 15 is 0 Å². The van der Waals surface area contributed by atoms with E-state index in [1.807, 2.05) is 0 Å². The molecule has 0 aliphatic carbocycles. The van der Waals surface area contributed by atoms with Crippen LogP contribution in [0.2, 0.25) is 0 Å². The number of thioether (sulfide) groups is 1. The molecule has 1 amide bonds. The minimum atomic E-state index is -0.0560. The van der Waals surface area contributed by atoms with Gasteiger partial charge in [-0.2, -0.15) is 0 Å². The predicted octanol–water partition coefficient (Wildman–Crippen LogP) is 4.63. The van der Waals surface area contributed by atoms with E-state index in [0.29, 0.717) is 28.8 Å². The van der Waals surface area contributed by atoms with Gasteiger partial charge in [0.15, 0.2) is 5.78 Å². The van der Waals surface area contributed by atoms with Crippen molar-refractivity contribution in [3.63, 3.8) is 0 Å². The molecule has 0 bridgehead atoms. The van der Waals surface area contributed by atoms with Crippen LogP contribution in [0.4, 0.5) is 5.69 Å². The summed E-state index contributed by atoms with van der Waals surface area (Å²) in [6.07, 6.45) is 6.81. The van der Waals surface area contributed by atoms with Gasteiger partial charge in [0.1, 0.15) is 0 Å². The van der Waals surface area contributed by atoms with Crippen molar-refractivity contribution in [2.45, 2.75) is 37.8 Å². The van der Waals surface area contributed by atoms with Gasteiger partial charge in [-0.15, -0.1) is 10.2 Å². The Balaban J connectivity index is 1.50. The van der Waals surface area contributed by atoms with Gasteiger partial charge in [0.25, 0.3) is 5.22 Å². The molecule has 0 unspecified atom stereocenters. The molecule has 1 aromatic carbocycles. The number of unbranched alkanes of at least 4 members (excludes halogenated alkanes) is 2. The Morgan fingerprint density at radius 1 is 1.03 bits per heavy atom. The Hall–Kier alpha value is -3.00. The first-order chi connectivity index (χ1) is 14.2. The zero-order chi connectivity index (χ0) is 20.5. The van der Waals surface area contributed by atoms with E-state index in [2.05, 4.69) is 27.4 Å². The van der Waals surface area contributed by atoms with Crippen LogP contribution in [0, 0.1) is 0 Å². The summed E-state index contributed by atoms with van der Waals surface area (Å²) in [4.78, 5) is 28.2. The summed E-state index contributed by atoms with van der Waals surface area (Å²) < 4.78 is 5.57. The molecule has 8 heteroatoms. The van der Waals surface area contributed by atoms with Crippen LogP contribution in [0.25, 0.3) is 11.5 Å². The second kappa shape index (κ2) is 10.5. The van der Waals surface area contributed by atoms with Crippen LogP contribution in [0.15, 0.2) is 58.4 Å². The number of rotatable bonds is 10. The van der Waals surface area contributed by atoms with Crippen molar-refractivity contribution in [3.8, 4) is 11.5 Å². The molecule has 0 saturated heterocycles. The van der Waals surface area contributed by atoms with Crippen molar-refractivity contribution in [1.82, 2.24) is 15.2 Å². The standard InChI is InChI=1S/C21H22N4O3S/c1-2-3-4-5-19(27)23-17-8-6-15(7-9-17)18(26)14-29-21-25-24-20(28-21)16-10-12-22-13-11-16/h6-13H,2-5,14H2,1H3,(H,23,27). The molecule has 0 atom stereocenters. The summed E-state index contributed by atoms with van der Waals surface area (Å²) in [5, 5.41) is 11.1. The highest BCUT2D eigenvalue weighted by molar-refractivity contribution is 7.99. The number of pyridine rings is 1. The third-order valence-electron chi connectivity index (χ3n) is 4.16. The Morgan fingerprint density at radius 3 is 2.52 bits per heavy atom. The van der Waals surface area contributed by atoms with E-state index in [1.165, 1.54) is 11.8 Å². The van der Waals surface area contributed by atoms with E-state index in [-0.39, 0.29) is 17.4 Å². The van der Waals surface area contributed by atoms with Crippen molar-refractivity contribution < 1.29 is 14.0 Å². The van der Waals surface area contributed by atoms with Gasteiger partial charge in [-0.05, 0) is 42.8 Å². The average Bonchev–Trinajstić information content (AvgIpc) is 3.22. The number of carbonyl (C=O) groups is 2. The Morgan fingerprint density at radius 2 is 1.79 bits per heavy atom. The summed E-state index contributed by atoms with van der Waals surface area (Å²) in [6.45, 7) is 2.10. The number of anilines is 1. The van der Waals surface area contributed by atoms with Crippen molar-refractivity contribution in [3.05, 3.63) is 54.4 Å². The van der Waals surface area contributed by atoms with Gasteiger partial charge < -0.3 is 9.73 Å². The maximum absolute atomic E-state index is 12.4. The van der Waals surface area contributed by atoms with E-state index in [0.717, 1.165) is 24.8 Å². The molecule has 0 aliphatic heterocycles. The predicted molar refractivity (Wildman–Crippen MR) is 112 cm³/mol. The number of hydrogen-bond acceptors (Lipinski definition) is 7. The average molecular weight is 410 g/mol. The molecule has 3 rings (SSSR count). The molecule has 0 radical (unpaired) electrons.